The molecule has 0 spiro atoms. The van der Waals surface area contributed by atoms with Crippen molar-refractivity contribution in [2.75, 3.05) is 13.1 Å². The first-order valence-electron chi connectivity index (χ1n) is 10.9. The molecule has 2 aromatic carbocycles. The van der Waals surface area contributed by atoms with Crippen LogP contribution in [0, 0.1) is 12.8 Å². The second-order valence-electron chi connectivity index (χ2n) is 8.58. The molecule has 5 heteroatoms. The molecule has 3 rings (SSSR count). The molecule has 1 aliphatic heterocycles. The van der Waals surface area contributed by atoms with Gasteiger partial charge in [0.05, 0.1) is 11.0 Å². The number of sulfonamides is 1. The number of benzene rings is 2. The number of aliphatic hydroxyl groups is 1. The van der Waals surface area contributed by atoms with E-state index in [2.05, 4.69) is 18.2 Å². The number of hydrogen-bond acceptors (Lipinski definition) is 3. The summed E-state index contributed by atoms with van der Waals surface area (Å²) < 4.78 is 27.8. The van der Waals surface area contributed by atoms with Crippen LogP contribution >= 0.6 is 0 Å². The highest BCUT2D eigenvalue weighted by Crippen LogP contribution is 2.31. The Hall–Kier alpha value is -2.21. The Morgan fingerprint density at radius 2 is 1.81 bits per heavy atom. The molecule has 4 nitrogen and oxygen atoms in total. The lowest BCUT2D eigenvalue weighted by Gasteiger charge is -2.16. The summed E-state index contributed by atoms with van der Waals surface area (Å²) in [5.41, 5.74) is 4.56. The van der Waals surface area contributed by atoms with Crippen molar-refractivity contribution in [2.24, 2.45) is 5.92 Å². The van der Waals surface area contributed by atoms with E-state index in [-0.39, 0.29) is 5.92 Å². The van der Waals surface area contributed by atoms with Gasteiger partial charge in [-0.05, 0) is 63.3 Å². The first kappa shape index (κ1) is 23.5. The van der Waals surface area contributed by atoms with E-state index in [9.17, 15) is 13.5 Å². The molecule has 0 radical (unpaired) electrons. The molecule has 2 aromatic rings. The quantitative estimate of drug-likeness (QED) is 0.596. The van der Waals surface area contributed by atoms with Crippen LogP contribution in [0.15, 0.2) is 82.8 Å². The normalized spacial score (nSPS) is 18.6. The molecule has 2 unspecified atom stereocenters. The number of hydrogen-bond donors (Lipinski definition) is 1. The van der Waals surface area contributed by atoms with Crippen molar-refractivity contribution in [3.05, 3.63) is 89.0 Å². The van der Waals surface area contributed by atoms with E-state index in [1.165, 1.54) is 5.56 Å². The summed E-state index contributed by atoms with van der Waals surface area (Å²) in [4.78, 5) is 0.340. The summed E-state index contributed by atoms with van der Waals surface area (Å²) >= 11 is 0. The van der Waals surface area contributed by atoms with Gasteiger partial charge >= 0.3 is 0 Å². The third kappa shape index (κ3) is 6.16. The van der Waals surface area contributed by atoms with E-state index in [4.69, 9.17) is 0 Å². The minimum Gasteiger partial charge on any atom is -0.393 e. The van der Waals surface area contributed by atoms with Crippen molar-refractivity contribution in [1.29, 1.82) is 0 Å². The molecule has 1 fully saturated rings. The van der Waals surface area contributed by atoms with E-state index >= 15 is 0 Å². The Balaban J connectivity index is 1.62. The number of aliphatic hydroxyl groups excluding tert-OH is 1. The number of aryl methyl sites for hydroxylation is 2. The van der Waals surface area contributed by atoms with Crippen LogP contribution in [0.3, 0.4) is 0 Å². The summed E-state index contributed by atoms with van der Waals surface area (Å²) in [7, 11) is -3.52. The van der Waals surface area contributed by atoms with Gasteiger partial charge in [-0.15, -0.1) is 0 Å². The zero-order valence-electron chi connectivity index (χ0n) is 18.7. The first-order chi connectivity index (χ1) is 14.8. The Morgan fingerprint density at radius 3 is 2.45 bits per heavy atom. The molecule has 0 amide bonds. The maximum Gasteiger partial charge on any atom is 0.243 e. The molecule has 0 aliphatic carbocycles. The average Bonchev–Trinajstić information content (AvgIpc) is 3.19. The lowest BCUT2D eigenvalue weighted by atomic mass is 9.97. The topological polar surface area (TPSA) is 57.6 Å². The van der Waals surface area contributed by atoms with Crippen LogP contribution in [0.5, 0.6) is 0 Å². The smallest absolute Gasteiger partial charge is 0.243 e. The van der Waals surface area contributed by atoms with Crippen LogP contribution in [0.1, 0.15) is 37.8 Å². The van der Waals surface area contributed by atoms with Gasteiger partial charge in [0.1, 0.15) is 0 Å². The van der Waals surface area contributed by atoms with E-state index < -0.39 is 16.1 Å². The molecule has 0 saturated carbocycles. The van der Waals surface area contributed by atoms with E-state index in [0.717, 1.165) is 23.1 Å². The fraction of sp³-hybridized carbons (Fsp3) is 0.385. The van der Waals surface area contributed by atoms with Gasteiger partial charge in [-0.25, -0.2) is 8.42 Å². The monoisotopic (exact) mass is 439 g/mol. The van der Waals surface area contributed by atoms with Gasteiger partial charge in [-0.3, -0.25) is 0 Å². The predicted octanol–water partition coefficient (Wildman–Crippen LogP) is 4.89. The van der Waals surface area contributed by atoms with E-state index in [1.807, 2.05) is 57.2 Å². The number of rotatable bonds is 8. The van der Waals surface area contributed by atoms with Crippen LogP contribution in [-0.2, 0) is 16.4 Å². The van der Waals surface area contributed by atoms with Crippen LogP contribution in [0.2, 0.25) is 0 Å². The zero-order chi connectivity index (χ0) is 22.4. The Bertz CT molecular complexity index is 1020. The van der Waals surface area contributed by atoms with Crippen LogP contribution < -0.4 is 0 Å². The van der Waals surface area contributed by atoms with Crippen LogP contribution in [0.25, 0.3) is 0 Å². The zero-order valence-corrected chi connectivity index (χ0v) is 19.5. The van der Waals surface area contributed by atoms with Gasteiger partial charge in [0.2, 0.25) is 10.0 Å². The van der Waals surface area contributed by atoms with Crippen LogP contribution in [-0.4, -0.2) is 37.0 Å². The largest absolute Gasteiger partial charge is 0.393 e. The van der Waals surface area contributed by atoms with Crippen molar-refractivity contribution in [2.45, 2.75) is 51.0 Å². The molecule has 1 aliphatic rings. The van der Waals surface area contributed by atoms with Gasteiger partial charge < -0.3 is 5.11 Å². The SMILES string of the molecule is CC(C)=C1CN(S(=O)(=O)c2ccc(C)cc2)CC1/C=C/CC(O)CCc1ccccc1. The van der Waals surface area contributed by atoms with Gasteiger partial charge in [0.15, 0.2) is 0 Å². The summed E-state index contributed by atoms with van der Waals surface area (Å²) in [6, 6.07) is 17.2. The Labute approximate surface area is 187 Å². The minimum atomic E-state index is -3.52. The van der Waals surface area contributed by atoms with Gasteiger partial charge in [-0.1, -0.05) is 65.8 Å². The highest BCUT2D eigenvalue weighted by Gasteiger charge is 2.35. The molecule has 0 aromatic heterocycles. The molecule has 0 bridgehead atoms. The Kier molecular flexibility index (Phi) is 7.87. The van der Waals surface area contributed by atoms with Crippen molar-refractivity contribution in [3.8, 4) is 0 Å². The summed E-state index contributed by atoms with van der Waals surface area (Å²) in [5.74, 6) is 0.0477. The number of nitrogens with zero attached hydrogens (tertiary/aromatic N) is 1. The molecule has 1 N–H and O–H groups in total. The fourth-order valence-corrected chi connectivity index (χ4v) is 5.39. The fourth-order valence-electron chi connectivity index (χ4n) is 3.95. The molecular weight excluding hydrogens is 406 g/mol. The summed E-state index contributed by atoms with van der Waals surface area (Å²) in [6.45, 7) is 6.87. The summed E-state index contributed by atoms with van der Waals surface area (Å²) in [6.07, 6.45) is 5.80. The third-order valence-corrected chi connectivity index (χ3v) is 7.71. The first-order valence-corrected chi connectivity index (χ1v) is 12.3. The van der Waals surface area contributed by atoms with Gasteiger partial charge in [0, 0.05) is 19.0 Å². The average molecular weight is 440 g/mol. The van der Waals surface area contributed by atoms with E-state index in [0.29, 0.717) is 30.8 Å². The predicted molar refractivity (Wildman–Crippen MR) is 126 cm³/mol. The lowest BCUT2D eigenvalue weighted by molar-refractivity contribution is 0.168. The van der Waals surface area contributed by atoms with Gasteiger partial charge in [-0.2, -0.15) is 4.31 Å². The second-order valence-corrected chi connectivity index (χ2v) is 10.5. The molecule has 31 heavy (non-hydrogen) atoms. The lowest BCUT2D eigenvalue weighted by Crippen LogP contribution is -2.28. The van der Waals surface area contributed by atoms with Gasteiger partial charge in [0.25, 0.3) is 0 Å². The van der Waals surface area contributed by atoms with E-state index in [1.54, 1.807) is 16.4 Å². The van der Waals surface area contributed by atoms with Crippen LogP contribution in [0.4, 0.5) is 0 Å². The standard InChI is InChI=1S/C26H33NO3S/c1-20(2)26-19-27(31(29,30)25-16-12-21(3)13-17-25)18-23(26)10-7-11-24(28)15-14-22-8-5-4-6-9-22/h4-10,12-13,16-17,23-24,28H,11,14-15,18-19H2,1-3H3/b10-7+. The number of allylic oxidation sites excluding steroid dienone is 1. The van der Waals surface area contributed by atoms with Crippen molar-refractivity contribution < 1.29 is 13.5 Å². The molecular formula is C26H33NO3S. The second kappa shape index (κ2) is 10.4. The molecule has 166 valence electrons. The Morgan fingerprint density at radius 1 is 1.13 bits per heavy atom. The maximum atomic E-state index is 13.1. The highest BCUT2D eigenvalue weighted by atomic mass is 32.2. The minimum absolute atomic E-state index is 0.0477. The van der Waals surface area contributed by atoms with Crippen molar-refractivity contribution >= 4 is 10.0 Å². The molecule has 1 heterocycles. The third-order valence-electron chi connectivity index (χ3n) is 5.88. The van der Waals surface area contributed by atoms with Crippen molar-refractivity contribution in [1.82, 2.24) is 4.31 Å². The summed E-state index contributed by atoms with van der Waals surface area (Å²) in [5, 5.41) is 10.3. The maximum absolute atomic E-state index is 13.1. The molecule has 2 atom stereocenters. The molecule has 1 saturated heterocycles. The highest BCUT2D eigenvalue weighted by molar-refractivity contribution is 7.89. The van der Waals surface area contributed by atoms with Crippen molar-refractivity contribution in [3.63, 3.8) is 0 Å².